The van der Waals surface area contributed by atoms with E-state index in [9.17, 15) is 4.79 Å². The first-order valence-electron chi connectivity index (χ1n) is 8.41. The predicted octanol–water partition coefficient (Wildman–Crippen LogP) is 4.38. The largest absolute Gasteiger partial charge is 0.495 e. The Balaban J connectivity index is 1.63. The molecular formula is C19H16ClN5O2S. The molecule has 142 valence electrons. The third-order valence-electron chi connectivity index (χ3n) is 4.29. The maximum atomic E-state index is 12.7. The molecular weight excluding hydrogens is 398 g/mol. The fourth-order valence-electron chi connectivity index (χ4n) is 2.72. The minimum atomic E-state index is -0.251. The Hall–Kier alpha value is -2.97. The normalized spacial score (nSPS) is 11.0. The van der Waals surface area contributed by atoms with E-state index < -0.39 is 0 Å². The van der Waals surface area contributed by atoms with Crippen molar-refractivity contribution in [3.05, 3.63) is 58.4 Å². The molecule has 7 nitrogen and oxygen atoms in total. The molecule has 4 aromatic rings. The molecule has 0 aliphatic carbocycles. The molecule has 0 saturated carbocycles. The predicted molar refractivity (Wildman–Crippen MR) is 110 cm³/mol. The van der Waals surface area contributed by atoms with Gasteiger partial charge in [-0.2, -0.15) is 9.61 Å². The van der Waals surface area contributed by atoms with Gasteiger partial charge in [0.05, 0.1) is 12.1 Å². The number of ether oxygens (including phenoxy) is 1. The van der Waals surface area contributed by atoms with Gasteiger partial charge in [0.25, 0.3) is 5.91 Å². The lowest BCUT2D eigenvalue weighted by molar-refractivity contribution is 0.102. The molecule has 2 aromatic carbocycles. The van der Waals surface area contributed by atoms with E-state index in [4.69, 9.17) is 16.3 Å². The van der Waals surface area contributed by atoms with Gasteiger partial charge >= 0.3 is 0 Å². The van der Waals surface area contributed by atoms with Crippen LogP contribution in [-0.4, -0.2) is 32.8 Å². The molecule has 0 saturated heterocycles. The van der Waals surface area contributed by atoms with Crippen LogP contribution < -0.4 is 10.1 Å². The number of nitrogens with one attached hydrogen (secondary N) is 1. The monoisotopic (exact) mass is 413 g/mol. The van der Waals surface area contributed by atoms with E-state index >= 15 is 0 Å². The lowest BCUT2D eigenvalue weighted by Gasteiger charge is -2.11. The molecule has 0 atom stereocenters. The number of nitrogens with zero attached hydrogens (tertiary/aromatic N) is 4. The second-order valence-electron chi connectivity index (χ2n) is 6.18. The summed E-state index contributed by atoms with van der Waals surface area (Å²) in [6.07, 6.45) is 0. The third-order valence-corrected chi connectivity index (χ3v) is 5.54. The number of hydrogen-bond donors (Lipinski definition) is 1. The summed E-state index contributed by atoms with van der Waals surface area (Å²) in [5.74, 6) is 1.00. The zero-order valence-electron chi connectivity index (χ0n) is 15.4. The number of anilines is 1. The van der Waals surface area contributed by atoms with Crippen LogP contribution >= 0.6 is 22.9 Å². The average molecular weight is 414 g/mol. The Bertz CT molecular complexity index is 1200. The van der Waals surface area contributed by atoms with Crippen LogP contribution in [0.4, 0.5) is 5.69 Å². The molecule has 4 rings (SSSR count). The van der Waals surface area contributed by atoms with E-state index in [-0.39, 0.29) is 5.91 Å². The number of halogens is 1. The maximum absolute atomic E-state index is 12.7. The maximum Gasteiger partial charge on any atom is 0.255 e. The first-order valence-corrected chi connectivity index (χ1v) is 9.60. The van der Waals surface area contributed by atoms with Crippen molar-refractivity contribution >= 4 is 39.5 Å². The minimum absolute atomic E-state index is 0.251. The number of aromatic nitrogens is 4. The van der Waals surface area contributed by atoms with Gasteiger partial charge in [-0.3, -0.25) is 4.79 Å². The Morgan fingerprint density at radius 2 is 2.00 bits per heavy atom. The molecule has 9 heteroatoms. The number of amides is 1. The highest BCUT2D eigenvalue weighted by atomic mass is 35.5. The first kappa shape index (κ1) is 18.4. The van der Waals surface area contributed by atoms with Crippen LogP contribution in [0.5, 0.6) is 5.75 Å². The lowest BCUT2D eigenvalue weighted by atomic mass is 10.1. The van der Waals surface area contributed by atoms with E-state index in [0.29, 0.717) is 22.0 Å². The number of carbonyl (C=O) groups excluding carboxylic acids is 1. The van der Waals surface area contributed by atoms with Crippen molar-refractivity contribution in [2.75, 3.05) is 12.4 Å². The van der Waals surface area contributed by atoms with Crippen LogP contribution in [0.2, 0.25) is 5.02 Å². The quantitative estimate of drug-likeness (QED) is 0.536. The van der Waals surface area contributed by atoms with E-state index in [1.807, 2.05) is 32.0 Å². The average Bonchev–Trinajstić information content (AvgIpc) is 3.25. The van der Waals surface area contributed by atoms with E-state index in [1.165, 1.54) is 18.4 Å². The highest BCUT2D eigenvalue weighted by molar-refractivity contribution is 7.19. The molecule has 0 aliphatic rings. The second-order valence-corrected chi connectivity index (χ2v) is 7.55. The SMILES string of the molecule is COc1ccc(C(=O)Nc2cc(-c3nn4c(C)nnc4s3)ccc2C)cc1Cl. The van der Waals surface area contributed by atoms with E-state index in [1.54, 1.807) is 22.7 Å². The summed E-state index contributed by atoms with van der Waals surface area (Å²) in [5, 5.41) is 16.8. The lowest BCUT2D eigenvalue weighted by Crippen LogP contribution is -2.13. The van der Waals surface area contributed by atoms with Crippen molar-refractivity contribution in [2.45, 2.75) is 13.8 Å². The van der Waals surface area contributed by atoms with E-state index in [2.05, 4.69) is 20.6 Å². The number of hydrogen-bond acceptors (Lipinski definition) is 6. The van der Waals surface area contributed by atoms with Crippen LogP contribution in [0, 0.1) is 13.8 Å². The van der Waals surface area contributed by atoms with Gasteiger partial charge in [-0.25, -0.2) is 0 Å². The van der Waals surface area contributed by atoms with Crippen molar-refractivity contribution in [2.24, 2.45) is 0 Å². The van der Waals surface area contributed by atoms with Gasteiger partial charge in [-0.15, -0.1) is 10.2 Å². The third kappa shape index (κ3) is 3.32. The van der Waals surface area contributed by atoms with Gasteiger partial charge in [0, 0.05) is 16.8 Å². The van der Waals surface area contributed by atoms with Gasteiger partial charge in [0.15, 0.2) is 5.82 Å². The van der Waals surface area contributed by atoms with Crippen LogP contribution in [0.15, 0.2) is 36.4 Å². The molecule has 0 unspecified atom stereocenters. The van der Waals surface area contributed by atoms with Gasteiger partial charge in [0.2, 0.25) is 4.96 Å². The van der Waals surface area contributed by atoms with Gasteiger partial charge in [0.1, 0.15) is 10.8 Å². The van der Waals surface area contributed by atoms with Crippen LogP contribution in [0.3, 0.4) is 0 Å². The van der Waals surface area contributed by atoms with Gasteiger partial charge < -0.3 is 10.1 Å². The Morgan fingerprint density at radius 3 is 2.71 bits per heavy atom. The Kier molecular flexibility index (Phi) is 4.74. The molecule has 0 radical (unpaired) electrons. The number of benzene rings is 2. The molecule has 1 N–H and O–H groups in total. The number of fused-ring (bicyclic) bond motifs is 1. The van der Waals surface area contributed by atoms with Crippen molar-refractivity contribution < 1.29 is 9.53 Å². The topological polar surface area (TPSA) is 81.4 Å². The zero-order valence-corrected chi connectivity index (χ0v) is 16.9. The van der Waals surface area contributed by atoms with E-state index in [0.717, 1.165) is 26.9 Å². The fraction of sp³-hybridized carbons (Fsp3) is 0.158. The number of carbonyl (C=O) groups is 1. The molecule has 0 fully saturated rings. The van der Waals surface area contributed by atoms with Crippen LogP contribution in [0.1, 0.15) is 21.7 Å². The summed E-state index contributed by atoms with van der Waals surface area (Å²) in [4.78, 5) is 13.4. The van der Waals surface area contributed by atoms with Crippen molar-refractivity contribution in [1.82, 2.24) is 19.8 Å². The summed E-state index contributed by atoms with van der Waals surface area (Å²) in [5.41, 5.74) is 2.99. The smallest absolute Gasteiger partial charge is 0.255 e. The fourth-order valence-corrected chi connectivity index (χ4v) is 3.86. The van der Waals surface area contributed by atoms with Crippen molar-refractivity contribution in [3.8, 4) is 16.3 Å². The second kappa shape index (κ2) is 7.21. The van der Waals surface area contributed by atoms with Crippen molar-refractivity contribution in [3.63, 3.8) is 0 Å². The number of methoxy groups -OCH3 is 1. The van der Waals surface area contributed by atoms with Crippen LogP contribution in [0.25, 0.3) is 15.5 Å². The molecule has 0 spiro atoms. The first-order chi connectivity index (χ1) is 13.5. The molecule has 2 aromatic heterocycles. The number of aryl methyl sites for hydroxylation is 2. The van der Waals surface area contributed by atoms with Gasteiger partial charge in [-0.05, 0) is 43.7 Å². The van der Waals surface area contributed by atoms with Gasteiger partial charge in [-0.1, -0.05) is 35.1 Å². The summed E-state index contributed by atoms with van der Waals surface area (Å²) in [6, 6.07) is 10.7. The molecule has 0 bridgehead atoms. The Morgan fingerprint density at radius 1 is 1.18 bits per heavy atom. The molecule has 28 heavy (non-hydrogen) atoms. The zero-order chi connectivity index (χ0) is 19.8. The Labute approximate surface area is 169 Å². The highest BCUT2D eigenvalue weighted by Gasteiger charge is 2.14. The van der Waals surface area contributed by atoms with Crippen molar-refractivity contribution in [1.29, 1.82) is 0 Å². The standard InChI is InChI=1S/C19H16ClN5O2S/c1-10-4-5-13(18-24-25-11(2)22-23-19(25)28-18)9-15(10)21-17(26)12-6-7-16(27-3)14(20)8-12/h4-9H,1-3H3,(H,21,26). The summed E-state index contributed by atoms with van der Waals surface area (Å²) in [7, 11) is 1.53. The highest BCUT2D eigenvalue weighted by Crippen LogP contribution is 2.30. The van der Waals surface area contributed by atoms with Crippen LogP contribution in [-0.2, 0) is 0 Å². The molecule has 0 aliphatic heterocycles. The number of rotatable bonds is 4. The minimum Gasteiger partial charge on any atom is -0.495 e. The summed E-state index contributed by atoms with van der Waals surface area (Å²) < 4.78 is 6.83. The summed E-state index contributed by atoms with van der Waals surface area (Å²) in [6.45, 7) is 3.79. The molecule has 1 amide bonds. The summed E-state index contributed by atoms with van der Waals surface area (Å²) >= 11 is 7.57. The molecule has 2 heterocycles.